The molecular formula is C10H15N3. The summed E-state index contributed by atoms with van der Waals surface area (Å²) in [5.41, 5.74) is 8.91. The molecule has 2 aliphatic rings. The monoisotopic (exact) mass is 177 g/mol. The predicted molar refractivity (Wildman–Crippen MR) is 50.5 cm³/mol. The second-order valence-corrected chi connectivity index (χ2v) is 4.32. The molecule has 0 fully saturated rings. The molecule has 1 aromatic heterocycles. The minimum Gasteiger partial charge on any atom is -0.327 e. The van der Waals surface area contributed by atoms with E-state index in [1.807, 2.05) is 6.20 Å². The van der Waals surface area contributed by atoms with E-state index in [9.17, 15) is 0 Å². The first-order valence-corrected chi connectivity index (χ1v) is 5.15. The standard InChI is InChI=1S/C10H15N3/c11-9-4-7-2-1-3-13-10(7)8(5-9)6-12-13/h6-7,9H,1-5,11H2/t7-,9-/m1/s1. The summed E-state index contributed by atoms with van der Waals surface area (Å²) in [6.45, 7) is 1.11. The van der Waals surface area contributed by atoms with Gasteiger partial charge in [-0.1, -0.05) is 0 Å². The minimum atomic E-state index is 0.369. The summed E-state index contributed by atoms with van der Waals surface area (Å²) in [5.74, 6) is 0.704. The molecule has 0 saturated heterocycles. The molecule has 0 spiro atoms. The van der Waals surface area contributed by atoms with E-state index in [1.165, 1.54) is 30.5 Å². The first kappa shape index (κ1) is 7.56. The quantitative estimate of drug-likeness (QED) is 0.643. The van der Waals surface area contributed by atoms with Crippen molar-refractivity contribution < 1.29 is 0 Å². The van der Waals surface area contributed by atoms with Gasteiger partial charge < -0.3 is 5.73 Å². The summed E-state index contributed by atoms with van der Waals surface area (Å²) in [5, 5.41) is 4.41. The highest BCUT2D eigenvalue weighted by atomic mass is 15.3. The molecule has 0 aromatic carbocycles. The van der Waals surface area contributed by atoms with Crippen LogP contribution < -0.4 is 5.73 Å². The molecule has 70 valence electrons. The van der Waals surface area contributed by atoms with Crippen LogP contribution >= 0.6 is 0 Å². The van der Waals surface area contributed by atoms with Gasteiger partial charge in [0.25, 0.3) is 0 Å². The van der Waals surface area contributed by atoms with Gasteiger partial charge in [0.15, 0.2) is 0 Å². The molecule has 3 rings (SSSR count). The average Bonchev–Trinajstić information content (AvgIpc) is 2.50. The van der Waals surface area contributed by atoms with E-state index in [0.717, 1.165) is 13.0 Å². The van der Waals surface area contributed by atoms with Crippen LogP contribution in [0.15, 0.2) is 6.20 Å². The second-order valence-electron chi connectivity index (χ2n) is 4.32. The van der Waals surface area contributed by atoms with Crippen molar-refractivity contribution >= 4 is 0 Å². The highest BCUT2D eigenvalue weighted by Crippen LogP contribution is 2.37. The largest absolute Gasteiger partial charge is 0.327 e. The Morgan fingerprint density at radius 1 is 1.54 bits per heavy atom. The summed E-state index contributed by atoms with van der Waals surface area (Å²) in [4.78, 5) is 0. The topological polar surface area (TPSA) is 43.8 Å². The van der Waals surface area contributed by atoms with Gasteiger partial charge >= 0.3 is 0 Å². The summed E-state index contributed by atoms with van der Waals surface area (Å²) in [6, 6.07) is 0.369. The molecule has 1 aromatic rings. The molecule has 1 aliphatic heterocycles. The van der Waals surface area contributed by atoms with Crippen molar-refractivity contribution in [2.24, 2.45) is 5.73 Å². The van der Waals surface area contributed by atoms with Crippen LogP contribution in [-0.2, 0) is 13.0 Å². The Morgan fingerprint density at radius 3 is 3.38 bits per heavy atom. The normalized spacial score (nSPS) is 31.5. The lowest BCUT2D eigenvalue weighted by Gasteiger charge is -2.31. The molecule has 1 aliphatic carbocycles. The maximum absolute atomic E-state index is 6.01. The fourth-order valence-electron chi connectivity index (χ4n) is 2.83. The fourth-order valence-corrected chi connectivity index (χ4v) is 2.83. The summed E-state index contributed by atoms with van der Waals surface area (Å²) in [7, 11) is 0. The zero-order chi connectivity index (χ0) is 8.84. The van der Waals surface area contributed by atoms with Crippen LogP contribution in [0.1, 0.15) is 36.4 Å². The summed E-state index contributed by atoms with van der Waals surface area (Å²) in [6.07, 6.45) is 6.80. The molecular weight excluding hydrogens is 162 g/mol. The van der Waals surface area contributed by atoms with Crippen LogP contribution in [0.3, 0.4) is 0 Å². The first-order chi connectivity index (χ1) is 6.34. The Balaban J connectivity index is 2.10. The van der Waals surface area contributed by atoms with Crippen molar-refractivity contribution in [3.63, 3.8) is 0 Å². The zero-order valence-electron chi connectivity index (χ0n) is 7.74. The summed E-state index contributed by atoms with van der Waals surface area (Å²) < 4.78 is 2.19. The number of nitrogens with two attached hydrogens (primary N) is 1. The molecule has 0 radical (unpaired) electrons. The smallest absolute Gasteiger partial charge is 0.0525 e. The van der Waals surface area contributed by atoms with Gasteiger partial charge in [0, 0.05) is 24.2 Å². The van der Waals surface area contributed by atoms with E-state index >= 15 is 0 Å². The third-order valence-corrected chi connectivity index (χ3v) is 3.34. The Hall–Kier alpha value is -0.830. The van der Waals surface area contributed by atoms with Crippen LogP contribution in [0.5, 0.6) is 0 Å². The Morgan fingerprint density at radius 2 is 2.46 bits per heavy atom. The van der Waals surface area contributed by atoms with Crippen LogP contribution in [0.2, 0.25) is 0 Å². The maximum atomic E-state index is 6.01. The number of nitrogens with zero attached hydrogens (tertiary/aromatic N) is 2. The van der Waals surface area contributed by atoms with Crippen LogP contribution in [-0.4, -0.2) is 15.8 Å². The number of hydrogen-bond donors (Lipinski definition) is 1. The molecule has 2 heterocycles. The maximum Gasteiger partial charge on any atom is 0.0525 e. The SMILES string of the molecule is N[C@H]1Cc2cnn3c2[C@H](CCC3)C1. The molecule has 0 amide bonds. The number of rotatable bonds is 0. The van der Waals surface area contributed by atoms with Gasteiger partial charge in [-0.05, 0) is 31.2 Å². The van der Waals surface area contributed by atoms with E-state index in [1.54, 1.807) is 0 Å². The van der Waals surface area contributed by atoms with Gasteiger partial charge in [0.2, 0.25) is 0 Å². The van der Waals surface area contributed by atoms with Gasteiger partial charge in [0.05, 0.1) is 6.20 Å². The molecule has 0 bridgehead atoms. The number of hydrogen-bond acceptors (Lipinski definition) is 2. The molecule has 13 heavy (non-hydrogen) atoms. The molecule has 3 nitrogen and oxygen atoms in total. The molecule has 0 unspecified atom stereocenters. The Labute approximate surface area is 77.9 Å². The van der Waals surface area contributed by atoms with E-state index in [4.69, 9.17) is 5.73 Å². The fraction of sp³-hybridized carbons (Fsp3) is 0.700. The average molecular weight is 177 g/mol. The number of aryl methyl sites for hydroxylation is 1. The van der Waals surface area contributed by atoms with Crippen molar-refractivity contribution in [3.05, 3.63) is 17.5 Å². The van der Waals surface area contributed by atoms with Gasteiger partial charge in [-0.2, -0.15) is 5.10 Å². The van der Waals surface area contributed by atoms with Crippen LogP contribution in [0, 0.1) is 0 Å². The lowest BCUT2D eigenvalue weighted by Crippen LogP contribution is -2.32. The van der Waals surface area contributed by atoms with E-state index in [2.05, 4.69) is 9.78 Å². The van der Waals surface area contributed by atoms with Gasteiger partial charge in [-0.25, -0.2) is 0 Å². The van der Waals surface area contributed by atoms with Gasteiger partial charge in [0.1, 0.15) is 0 Å². The predicted octanol–water partition coefficient (Wildman–Crippen LogP) is 1.03. The van der Waals surface area contributed by atoms with E-state index in [-0.39, 0.29) is 0 Å². The Kier molecular flexibility index (Phi) is 1.50. The number of aromatic nitrogens is 2. The second kappa shape index (κ2) is 2.58. The Bertz CT molecular complexity index is 329. The van der Waals surface area contributed by atoms with Crippen LogP contribution in [0.4, 0.5) is 0 Å². The lowest BCUT2D eigenvalue weighted by atomic mass is 9.81. The molecule has 0 saturated carbocycles. The lowest BCUT2D eigenvalue weighted by molar-refractivity contribution is 0.368. The third-order valence-electron chi connectivity index (χ3n) is 3.34. The van der Waals surface area contributed by atoms with Crippen molar-refractivity contribution in [3.8, 4) is 0 Å². The highest BCUT2D eigenvalue weighted by molar-refractivity contribution is 5.27. The third kappa shape index (κ3) is 1.03. The van der Waals surface area contributed by atoms with Crippen LogP contribution in [0.25, 0.3) is 0 Å². The van der Waals surface area contributed by atoms with Crippen molar-refractivity contribution in [1.29, 1.82) is 0 Å². The van der Waals surface area contributed by atoms with Crippen molar-refractivity contribution in [2.75, 3.05) is 0 Å². The summed E-state index contributed by atoms with van der Waals surface area (Å²) >= 11 is 0. The van der Waals surface area contributed by atoms with E-state index in [0.29, 0.717) is 12.0 Å². The van der Waals surface area contributed by atoms with E-state index < -0.39 is 0 Å². The van der Waals surface area contributed by atoms with Gasteiger partial charge in [-0.3, -0.25) is 4.68 Å². The van der Waals surface area contributed by atoms with Crippen molar-refractivity contribution in [1.82, 2.24) is 9.78 Å². The molecule has 3 heteroatoms. The first-order valence-electron chi connectivity index (χ1n) is 5.15. The van der Waals surface area contributed by atoms with Crippen molar-refractivity contribution in [2.45, 2.75) is 44.2 Å². The highest BCUT2D eigenvalue weighted by Gasteiger charge is 2.30. The minimum absolute atomic E-state index is 0.369. The van der Waals surface area contributed by atoms with Gasteiger partial charge in [-0.15, -0.1) is 0 Å². The molecule has 2 N–H and O–H groups in total. The molecule has 2 atom stereocenters. The zero-order valence-corrected chi connectivity index (χ0v) is 7.74.